The summed E-state index contributed by atoms with van der Waals surface area (Å²) in [5.41, 5.74) is 1.45. The standard InChI is InChI=1S/C21H27F2N5S/c1-13(2)7-16-8-17(21(22)23)18(10-24)19(9-16)28-6-5-27(14(3)11-28)12-20-26-25-15(4)29-20/h8-9,13-14,21H,5-7,11-12H2,1-4H3/t14-/m0/s1. The van der Waals surface area contributed by atoms with Gasteiger partial charge in [0.2, 0.25) is 0 Å². The van der Waals surface area contributed by atoms with Crippen LogP contribution in [0.5, 0.6) is 0 Å². The number of aromatic nitrogens is 2. The van der Waals surface area contributed by atoms with Gasteiger partial charge in [-0.3, -0.25) is 4.90 Å². The molecule has 0 amide bonds. The zero-order valence-corrected chi connectivity index (χ0v) is 18.1. The number of alkyl halides is 2. The molecular weight excluding hydrogens is 392 g/mol. The lowest BCUT2D eigenvalue weighted by Gasteiger charge is -2.41. The predicted molar refractivity (Wildman–Crippen MR) is 111 cm³/mol. The SMILES string of the molecule is Cc1nnc(CN2CCN(c3cc(CC(C)C)cc(C(F)F)c3C#N)C[C@@H]2C)s1. The van der Waals surface area contributed by atoms with E-state index in [9.17, 15) is 14.0 Å². The van der Waals surface area contributed by atoms with Crippen LogP contribution >= 0.6 is 11.3 Å². The lowest BCUT2D eigenvalue weighted by molar-refractivity contribution is 0.151. The van der Waals surface area contributed by atoms with Crippen molar-refractivity contribution in [3.05, 3.63) is 38.8 Å². The van der Waals surface area contributed by atoms with Gasteiger partial charge in [-0.2, -0.15) is 5.26 Å². The number of aryl methyl sites for hydroxylation is 1. The molecule has 1 atom stereocenters. The fraction of sp³-hybridized carbons (Fsp3) is 0.571. The van der Waals surface area contributed by atoms with Gasteiger partial charge in [0.15, 0.2) is 0 Å². The molecule has 0 N–H and O–H groups in total. The van der Waals surface area contributed by atoms with E-state index in [1.807, 2.05) is 19.1 Å². The Balaban J connectivity index is 1.84. The Morgan fingerprint density at radius 3 is 2.59 bits per heavy atom. The first-order chi connectivity index (χ1) is 13.8. The Hall–Kier alpha value is -2.11. The summed E-state index contributed by atoms with van der Waals surface area (Å²) in [6.07, 6.45) is -1.94. The quantitative estimate of drug-likeness (QED) is 0.687. The summed E-state index contributed by atoms with van der Waals surface area (Å²) >= 11 is 1.60. The molecule has 3 rings (SSSR count). The maximum Gasteiger partial charge on any atom is 0.265 e. The van der Waals surface area contributed by atoms with E-state index in [4.69, 9.17) is 0 Å². The van der Waals surface area contributed by atoms with Crippen molar-refractivity contribution in [3.63, 3.8) is 0 Å². The Bertz CT molecular complexity index is 890. The molecule has 0 saturated carbocycles. The van der Waals surface area contributed by atoms with Gasteiger partial charge >= 0.3 is 0 Å². The van der Waals surface area contributed by atoms with Crippen molar-refractivity contribution >= 4 is 17.0 Å². The molecule has 1 aromatic carbocycles. The predicted octanol–water partition coefficient (Wildman–Crippen LogP) is 4.57. The minimum absolute atomic E-state index is 0.105. The number of halogens is 2. The minimum Gasteiger partial charge on any atom is -0.368 e. The van der Waals surface area contributed by atoms with Gasteiger partial charge in [0.25, 0.3) is 6.43 Å². The molecule has 1 fully saturated rings. The number of piperazine rings is 1. The first-order valence-corrected chi connectivity index (χ1v) is 10.7. The van der Waals surface area contributed by atoms with Gasteiger partial charge in [0.05, 0.1) is 17.8 Å². The number of hydrogen-bond acceptors (Lipinski definition) is 6. The van der Waals surface area contributed by atoms with Crippen LogP contribution in [0.4, 0.5) is 14.5 Å². The zero-order chi connectivity index (χ0) is 21.1. The molecule has 1 aromatic heterocycles. The molecule has 1 aliphatic rings. The van der Waals surface area contributed by atoms with Crippen molar-refractivity contribution < 1.29 is 8.78 Å². The molecule has 5 nitrogen and oxygen atoms in total. The summed E-state index contributed by atoms with van der Waals surface area (Å²) in [7, 11) is 0. The van der Waals surface area contributed by atoms with Gasteiger partial charge in [-0.25, -0.2) is 8.78 Å². The number of hydrogen-bond donors (Lipinski definition) is 0. The molecular formula is C21H27F2N5S. The van der Waals surface area contributed by atoms with Gasteiger partial charge in [0, 0.05) is 31.2 Å². The van der Waals surface area contributed by atoms with Crippen molar-refractivity contribution in [1.82, 2.24) is 15.1 Å². The molecule has 0 unspecified atom stereocenters. The Morgan fingerprint density at radius 2 is 2.03 bits per heavy atom. The van der Waals surface area contributed by atoms with Crippen LogP contribution in [0.1, 0.15) is 53.9 Å². The molecule has 156 valence electrons. The Morgan fingerprint density at radius 1 is 1.28 bits per heavy atom. The van der Waals surface area contributed by atoms with E-state index in [0.29, 0.717) is 31.1 Å². The molecule has 0 radical (unpaired) electrons. The van der Waals surface area contributed by atoms with Crippen molar-refractivity contribution in [1.29, 1.82) is 5.26 Å². The normalized spacial score (nSPS) is 17.9. The zero-order valence-electron chi connectivity index (χ0n) is 17.3. The minimum atomic E-state index is -2.66. The average molecular weight is 420 g/mol. The molecule has 29 heavy (non-hydrogen) atoms. The van der Waals surface area contributed by atoms with Crippen molar-refractivity contribution in [2.45, 2.75) is 53.1 Å². The van der Waals surface area contributed by atoms with E-state index in [-0.39, 0.29) is 17.2 Å². The van der Waals surface area contributed by atoms with Crippen molar-refractivity contribution in [2.24, 2.45) is 5.92 Å². The second kappa shape index (κ2) is 9.14. The topological polar surface area (TPSA) is 56.1 Å². The van der Waals surface area contributed by atoms with E-state index in [2.05, 4.69) is 40.8 Å². The van der Waals surface area contributed by atoms with E-state index >= 15 is 0 Å². The van der Waals surface area contributed by atoms with Gasteiger partial charge in [-0.1, -0.05) is 13.8 Å². The van der Waals surface area contributed by atoms with E-state index in [1.165, 1.54) is 6.07 Å². The van der Waals surface area contributed by atoms with Gasteiger partial charge < -0.3 is 4.90 Å². The maximum atomic E-state index is 13.7. The van der Waals surface area contributed by atoms with Crippen LogP contribution in [-0.4, -0.2) is 40.8 Å². The second-order valence-corrected chi connectivity index (χ2v) is 9.34. The third-order valence-corrected chi connectivity index (χ3v) is 6.03. The van der Waals surface area contributed by atoms with Crippen LogP contribution < -0.4 is 4.90 Å². The summed E-state index contributed by atoms with van der Waals surface area (Å²) in [6.45, 7) is 11.1. The highest BCUT2D eigenvalue weighted by molar-refractivity contribution is 7.11. The van der Waals surface area contributed by atoms with E-state index < -0.39 is 6.43 Å². The van der Waals surface area contributed by atoms with Crippen LogP contribution in [0.25, 0.3) is 0 Å². The van der Waals surface area contributed by atoms with Gasteiger partial charge in [-0.15, -0.1) is 21.5 Å². The number of benzene rings is 1. The largest absolute Gasteiger partial charge is 0.368 e. The fourth-order valence-electron chi connectivity index (χ4n) is 3.87. The summed E-state index contributed by atoms with van der Waals surface area (Å²) in [5, 5.41) is 19.9. The summed E-state index contributed by atoms with van der Waals surface area (Å²) in [5.74, 6) is 0.354. The number of nitrogens with zero attached hydrogens (tertiary/aromatic N) is 5. The van der Waals surface area contributed by atoms with Crippen molar-refractivity contribution in [2.75, 3.05) is 24.5 Å². The highest BCUT2D eigenvalue weighted by Crippen LogP contribution is 2.34. The first-order valence-electron chi connectivity index (χ1n) is 9.91. The smallest absolute Gasteiger partial charge is 0.265 e. The Kier molecular flexibility index (Phi) is 6.81. The Labute approximate surface area is 175 Å². The van der Waals surface area contributed by atoms with Crippen LogP contribution in [-0.2, 0) is 13.0 Å². The third-order valence-electron chi connectivity index (χ3n) is 5.21. The van der Waals surface area contributed by atoms with Gasteiger partial charge in [-0.05, 0) is 43.9 Å². The molecule has 2 aromatic rings. The van der Waals surface area contributed by atoms with Crippen LogP contribution in [0.15, 0.2) is 12.1 Å². The summed E-state index contributed by atoms with van der Waals surface area (Å²) in [4.78, 5) is 4.41. The molecule has 2 heterocycles. The maximum absolute atomic E-state index is 13.7. The molecule has 1 saturated heterocycles. The third kappa shape index (κ3) is 5.09. The lowest BCUT2D eigenvalue weighted by atomic mass is 9.95. The second-order valence-electron chi connectivity index (χ2n) is 8.07. The number of anilines is 1. The van der Waals surface area contributed by atoms with Gasteiger partial charge in [0.1, 0.15) is 16.1 Å². The van der Waals surface area contributed by atoms with Crippen molar-refractivity contribution in [3.8, 4) is 6.07 Å². The fourth-order valence-corrected chi connectivity index (χ4v) is 4.60. The average Bonchev–Trinajstić information content (AvgIpc) is 3.07. The molecule has 0 aliphatic carbocycles. The molecule has 0 spiro atoms. The van der Waals surface area contributed by atoms with Crippen LogP contribution in [0, 0.1) is 24.2 Å². The number of nitriles is 1. The van der Waals surface area contributed by atoms with Crippen LogP contribution in [0.2, 0.25) is 0 Å². The summed E-state index contributed by atoms with van der Waals surface area (Å²) in [6, 6.07) is 5.69. The molecule has 0 bridgehead atoms. The monoisotopic (exact) mass is 419 g/mol. The van der Waals surface area contributed by atoms with E-state index in [1.54, 1.807) is 11.3 Å². The molecule has 8 heteroatoms. The first kappa shape index (κ1) is 21.6. The van der Waals surface area contributed by atoms with Crippen LogP contribution in [0.3, 0.4) is 0 Å². The highest BCUT2D eigenvalue weighted by Gasteiger charge is 2.28. The van der Waals surface area contributed by atoms with E-state index in [0.717, 1.165) is 28.7 Å². The highest BCUT2D eigenvalue weighted by atomic mass is 32.1. The summed E-state index contributed by atoms with van der Waals surface area (Å²) < 4.78 is 27.3. The number of rotatable bonds is 6. The molecule has 1 aliphatic heterocycles. The lowest BCUT2D eigenvalue weighted by Crippen LogP contribution is -2.51.